The molecular formula is C19H29ClN2O2. The van der Waals surface area contributed by atoms with E-state index in [4.69, 9.17) is 4.74 Å². The molecule has 1 heterocycles. The Bertz CT molecular complexity index is 585. The SMILES string of the molecule is CNCC1CCCN(C(=O)C2(c3ccc(C)c(OC)c3)CC2)C1.Cl. The topological polar surface area (TPSA) is 41.6 Å². The number of carbonyl (C=O) groups excluding carboxylic acids is 1. The standard InChI is InChI=1S/C19H28N2O2.ClH/c1-14-6-7-16(11-17(14)23-3)19(8-9-19)18(22)21-10-4-5-15(13-21)12-20-2;/h6-7,11,15,20H,4-5,8-10,12-13H2,1-3H3;1H. The molecule has 1 saturated heterocycles. The first-order valence-electron chi connectivity index (χ1n) is 8.70. The Morgan fingerprint density at radius 2 is 2.17 bits per heavy atom. The minimum absolute atomic E-state index is 0. The van der Waals surface area contributed by atoms with Crippen LogP contribution in [0.2, 0.25) is 0 Å². The van der Waals surface area contributed by atoms with E-state index >= 15 is 0 Å². The number of piperidine rings is 1. The van der Waals surface area contributed by atoms with Crippen molar-refractivity contribution < 1.29 is 9.53 Å². The van der Waals surface area contributed by atoms with Gasteiger partial charge in [-0.25, -0.2) is 0 Å². The van der Waals surface area contributed by atoms with Crippen LogP contribution in [0.4, 0.5) is 0 Å². The summed E-state index contributed by atoms with van der Waals surface area (Å²) in [5.74, 6) is 1.79. The lowest BCUT2D eigenvalue weighted by atomic mass is 9.90. The molecule has 1 aliphatic heterocycles. The predicted octanol–water partition coefficient (Wildman–Crippen LogP) is 2.92. The number of hydrogen-bond donors (Lipinski definition) is 1. The minimum Gasteiger partial charge on any atom is -0.496 e. The van der Waals surface area contributed by atoms with Crippen LogP contribution >= 0.6 is 12.4 Å². The number of rotatable bonds is 5. The van der Waals surface area contributed by atoms with Crippen LogP contribution in [0, 0.1) is 12.8 Å². The highest BCUT2D eigenvalue weighted by molar-refractivity contribution is 5.91. The van der Waals surface area contributed by atoms with Crippen molar-refractivity contribution in [3.05, 3.63) is 29.3 Å². The highest BCUT2D eigenvalue weighted by Gasteiger charge is 2.53. The van der Waals surface area contributed by atoms with Gasteiger partial charge in [-0.2, -0.15) is 0 Å². The number of likely N-dealkylation sites (tertiary alicyclic amines) is 1. The number of benzene rings is 1. The predicted molar refractivity (Wildman–Crippen MR) is 99.1 cm³/mol. The fraction of sp³-hybridized carbons (Fsp3) is 0.632. The highest BCUT2D eigenvalue weighted by atomic mass is 35.5. The molecule has 1 aromatic carbocycles. The second-order valence-corrected chi connectivity index (χ2v) is 7.08. The molecular weight excluding hydrogens is 324 g/mol. The van der Waals surface area contributed by atoms with E-state index in [1.807, 2.05) is 14.0 Å². The van der Waals surface area contributed by atoms with Crippen LogP contribution in [-0.2, 0) is 10.2 Å². The number of halogens is 1. The molecule has 24 heavy (non-hydrogen) atoms. The third-order valence-electron chi connectivity index (χ3n) is 5.42. The number of ether oxygens (including phenoxy) is 1. The molecule has 1 aliphatic carbocycles. The number of aryl methyl sites for hydroxylation is 1. The van der Waals surface area contributed by atoms with Crippen LogP contribution in [0.25, 0.3) is 0 Å². The van der Waals surface area contributed by atoms with Gasteiger partial charge in [-0.1, -0.05) is 12.1 Å². The Hall–Kier alpha value is -1.26. The van der Waals surface area contributed by atoms with E-state index in [1.54, 1.807) is 7.11 Å². The molecule has 2 aliphatic rings. The molecule has 3 rings (SSSR count). The van der Waals surface area contributed by atoms with Crippen molar-refractivity contribution in [2.24, 2.45) is 5.92 Å². The summed E-state index contributed by atoms with van der Waals surface area (Å²) in [5, 5.41) is 3.25. The fourth-order valence-electron chi connectivity index (χ4n) is 3.88. The number of carbonyl (C=O) groups is 1. The third-order valence-corrected chi connectivity index (χ3v) is 5.42. The first-order valence-corrected chi connectivity index (χ1v) is 8.70. The van der Waals surface area contributed by atoms with Crippen LogP contribution in [-0.4, -0.2) is 44.6 Å². The number of hydrogen-bond acceptors (Lipinski definition) is 3. The van der Waals surface area contributed by atoms with Gasteiger partial charge in [0.05, 0.1) is 12.5 Å². The van der Waals surface area contributed by atoms with Gasteiger partial charge in [-0.05, 0) is 69.3 Å². The molecule has 0 bridgehead atoms. The summed E-state index contributed by atoms with van der Waals surface area (Å²) in [6.07, 6.45) is 4.26. The van der Waals surface area contributed by atoms with E-state index in [2.05, 4.69) is 28.4 Å². The Kier molecular flexibility index (Phi) is 6.16. The molecule has 4 nitrogen and oxygen atoms in total. The van der Waals surface area contributed by atoms with Crippen molar-refractivity contribution >= 4 is 18.3 Å². The average Bonchev–Trinajstić information content (AvgIpc) is 3.37. The summed E-state index contributed by atoms with van der Waals surface area (Å²) in [5.41, 5.74) is 1.95. The molecule has 1 saturated carbocycles. The van der Waals surface area contributed by atoms with Crippen molar-refractivity contribution in [1.29, 1.82) is 0 Å². The Morgan fingerprint density at radius 1 is 1.42 bits per heavy atom. The molecule has 134 valence electrons. The van der Waals surface area contributed by atoms with Gasteiger partial charge in [0.25, 0.3) is 0 Å². The second-order valence-electron chi connectivity index (χ2n) is 7.08. The number of nitrogens with one attached hydrogen (secondary N) is 1. The lowest BCUT2D eigenvalue weighted by Crippen LogP contribution is -2.46. The molecule has 0 aromatic heterocycles. The zero-order valence-electron chi connectivity index (χ0n) is 14.9. The van der Waals surface area contributed by atoms with Crippen molar-refractivity contribution in [2.45, 2.75) is 38.0 Å². The van der Waals surface area contributed by atoms with Crippen molar-refractivity contribution in [1.82, 2.24) is 10.2 Å². The van der Waals surface area contributed by atoms with Crippen molar-refractivity contribution in [3.8, 4) is 5.75 Å². The van der Waals surface area contributed by atoms with Crippen LogP contribution in [0.5, 0.6) is 5.75 Å². The molecule has 0 radical (unpaired) electrons. The number of nitrogens with zero attached hydrogens (tertiary/aromatic N) is 1. The second kappa shape index (κ2) is 7.75. The van der Waals surface area contributed by atoms with E-state index in [9.17, 15) is 4.79 Å². The molecule has 0 spiro atoms. The van der Waals surface area contributed by atoms with Gasteiger partial charge in [-0.3, -0.25) is 4.79 Å². The summed E-state index contributed by atoms with van der Waals surface area (Å²) < 4.78 is 5.45. The first kappa shape index (κ1) is 19.1. The van der Waals surface area contributed by atoms with Crippen LogP contribution < -0.4 is 10.1 Å². The molecule has 5 heteroatoms. The fourth-order valence-corrected chi connectivity index (χ4v) is 3.88. The van der Waals surface area contributed by atoms with E-state index in [-0.39, 0.29) is 17.8 Å². The zero-order valence-corrected chi connectivity index (χ0v) is 15.7. The van der Waals surface area contributed by atoms with Crippen LogP contribution in [0.3, 0.4) is 0 Å². The van der Waals surface area contributed by atoms with E-state index in [0.717, 1.165) is 55.8 Å². The normalized spacial score (nSPS) is 21.8. The lowest BCUT2D eigenvalue weighted by molar-refractivity contribution is -0.135. The van der Waals surface area contributed by atoms with Crippen molar-refractivity contribution in [3.63, 3.8) is 0 Å². The van der Waals surface area contributed by atoms with Gasteiger partial charge in [0.2, 0.25) is 5.91 Å². The van der Waals surface area contributed by atoms with E-state index < -0.39 is 0 Å². The van der Waals surface area contributed by atoms with Gasteiger partial charge in [0.1, 0.15) is 5.75 Å². The summed E-state index contributed by atoms with van der Waals surface area (Å²) >= 11 is 0. The Balaban J connectivity index is 0.00000208. The highest BCUT2D eigenvalue weighted by Crippen LogP contribution is 2.50. The first-order chi connectivity index (χ1) is 11.1. The summed E-state index contributed by atoms with van der Waals surface area (Å²) in [6, 6.07) is 6.24. The van der Waals surface area contributed by atoms with E-state index in [1.165, 1.54) is 6.42 Å². The van der Waals surface area contributed by atoms with Gasteiger partial charge >= 0.3 is 0 Å². The molecule has 1 N–H and O–H groups in total. The third kappa shape index (κ3) is 3.55. The summed E-state index contributed by atoms with van der Waals surface area (Å²) in [6.45, 7) is 4.83. The number of amides is 1. The minimum atomic E-state index is -0.289. The van der Waals surface area contributed by atoms with Gasteiger partial charge in [0.15, 0.2) is 0 Å². The van der Waals surface area contributed by atoms with Crippen LogP contribution in [0.1, 0.15) is 36.8 Å². The molecule has 1 atom stereocenters. The lowest BCUT2D eigenvalue weighted by Gasteiger charge is -2.35. The van der Waals surface area contributed by atoms with Gasteiger partial charge in [-0.15, -0.1) is 12.4 Å². The van der Waals surface area contributed by atoms with E-state index in [0.29, 0.717) is 11.8 Å². The van der Waals surface area contributed by atoms with Gasteiger partial charge in [0, 0.05) is 13.1 Å². The average molecular weight is 353 g/mol. The molecule has 1 unspecified atom stereocenters. The maximum Gasteiger partial charge on any atom is 0.233 e. The van der Waals surface area contributed by atoms with Crippen molar-refractivity contribution in [2.75, 3.05) is 33.8 Å². The summed E-state index contributed by atoms with van der Waals surface area (Å²) in [4.78, 5) is 15.3. The molecule has 1 aromatic rings. The maximum atomic E-state index is 13.2. The van der Waals surface area contributed by atoms with Gasteiger partial charge < -0.3 is 15.0 Å². The van der Waals surface area contributed by atoms with Crippen LogP contribution in [0.15, 0.2) is 18.2 Å². The quantitative estimate of drug-likeness (QED) is 0.885. The maximum absolute atomic E-state index is 13.2. The monoisotopic (exact) mass is 352 g/mol. The summed E-state index contributed by atoms with van der Waals surface area (Å²) in [7, 11) is 3.68. The molecule has 1 amide bonds. The zero-order chi connectivity index (χ0) is 16.4. The number of methoxy groups -OCH3 is 1. The largest absolute Gasteiger partial charge is 0.496 e. The Labute approximate surface area is 151 Å². The smallest absolute Gasteiger partial charge is 0.233 e. The molecule has 2 fully saturated rings. The Morgan fingerprint density at radius 3 is 2.79 bits per heavy atom.